The van der Waals surface area contributed by atoms with Crippen LogP contribution in [-0.4, -0.2) is 49.7 Å². The molecule has 1 atom stereocenters. The third kappa shape index (κ3) is 4.22. The molecule has 0 saturated carbocycles. The zero-order valence-electron chi connectivity index (χ0n) is 10.1. The smallest absolute Gasteiger partial charge is 0.151 e. The number of carbonyl (C=O) groups excluding carboxylic acids is 1. The van der Waals surface area contributed by atoms with Crippen molar-refractivity contribution in [3.63, 3.8) is 0 Å². The van der Waals surface area contributed by atoms with Crippen LogP contribution in [0.25, 0.3) is 0 Å². The van der Waals surface area contributed by atoms with E-state index in [4.69, 9.17) is 0 Å². The molecule has 16 heavy (non-hydrogen) atoms. The van der Waals surface area contributed by atoms with E-state index >= 15 is 0 Å². The van der Waals surface area contributed by atoms with Gasteiger partial charge >= 0.3 is 0 Å². The summed E-state index contributed by atoms with van der Waals surface area (Å²) in [6.45, 7) is 4.77. The Balaban J connectivity index is 2.44. The molecule has 1 saturated heterocycles. The minimum atomic E-state index is -2.89. The number of sulfone groups is 1. The van der Waals surface area contributed by atoms with Gasteiger partial charge in [-0.1, -0.05) is 6.92 Å². The molecule has 1 aliphatic rings. The molecule has 0 spiro atoms. The van der Waals surface area contributed by atoms with Gasteiger partial charge in [-0.2, -0.15) is 0 Å². The van der Waals surface area contributed by atoms with E-state index in [-0.39, 0.29) is 23.3 Å². The molecular weight excluding hydrogens is 226 g/mol. The summed E-state index contributed by atoms with van der Waals surface area (Å²) in [6, 6.07) is 0.268. The summed E-state index contributed by atoms with van der Waals surface area (Å²) >= 11 is 0. The van der Waals surface area contributed by atoms with Gasteiger partial charge in [-0.05, 0) is 26.3 Å². The molecule has 0 aromatic heterocycles. The third-order valence-electron chi connectivity index (χ3n) is 3.15. The maximum atomic E-state index is 11.4. The predicted molar refractivity (Wildman–Crippen MR) is 64.2 cm³/mol. The highest BCUT2D eigenvalue weighted by atomic mass is 32.2. The van der Waals surface area contributed by atoms with Gasteiger partial charge in [-0.15, -0.1) is 0 Å². The second-order valence-electron chi connectivity index (χ2n) is 4.47. The quantitative estimate of drug-likeness (QED) is 0.698. The van der Waals surface area contributed by atoms with Crippen LogP contribution in [0, 0.1) is 0 Å². The van der Waals surface area contributed by atoms with Crippen LogP contribution in [0.15, 0.2) is 0 Å². The van der Waals surface area contributed by atoms with Gasteiger partial charge in [-0.3, -0.25) is 9.69 Å². The predicted octanol–water partition coefficient (Wildman–Crippen LogP) is 0.865. The average Bonchev–Trinajstić information content (AvgIpc) is 2.62. The summed E-state index contributed by atoms with van der Waals surface area (Å²) in [6.07, 6.45) is 2.65. The van der Waals surface area contributed by atoms with Crippen molar-refractivity contribution >= 4 is 15.6 Å². The largest absolute Gasteiger partial charge is 0.300 e. The molecule has 1 fully saturated rings. The number of likely N-dealkylation sites (tertiary alicyclic amines) is 1. The Labute approximate surface area is 97.9 Å². The Hall–Kier alpha value is -0.420. The van der Waals surface area contributed by atoms with Crippen LogP contribution in [-0.2, 0) is 14.6 Å². The highest BCUT2D eigenvalue weighted by Crippen LogP contribution is 2.20. The third-order valence-corrected chi connectivity index (χ3v) is 4.84. The minimum Gasteiger partial charge on any atom is -0.300 e. The van der Waals surface area contributed by atoms with E-state index in [0.29, 0.717) is 13.0 Å². The molecule has 0 amide bonds. The monoisotopic (exact) mass is 247 g/mol. The lowest BCUT2D eigenvalue weighted by Crippen LogP contribution is -2.35. The molecule has 1 rings (SSSR count). The number of hydrogen-bond donors (Lipinski definition) is 0. The molecule has 0 aliphatic carbocycles. The molecule has 1 aliphatic heterocycles. The van der Waals surface area contributed by atoms with Gasteiger partial charge in [0.1, 0.15) is 5.78 Å². The Kier molecular flexibility index (Phi) is 4.92. The number of hydrogen-bond acceptors (Lipinski definition) is 4. The number of ketones is 1. The fraction of sp³-hybridized carbons (Fsp3) is 0.909. The average molecular weight is 247 g/mol. The number of nitrogens with zero attached hydrogens (tertiary/aromatic N) is 1. The van der Waals surface area contributed by atoms with Crippen molar-refractivity contribution in [3.05, 3.63) is 0 Å². The summed E-state index contributed by atoms with van der Waals surface area (Å²) in [7, 11) is -2.89. The first kappa shape index (κ1) is 13.6. The lowest BCUT2D eigenvalue weighted by atomic mass is 10.1. The fourth-order valence-corrected chi connectivity index (χ4v) is 2.95. The van der Waals surface area contributed by atoms with Gasteiger partial charge < -0.3 is 0 Å². The maximum Gasteiger partial charge on any atom is 0.151 e. The van der Waals surface area contributed by atoms with E-state index in [1.54, 1.807) is 13.8 Å². The first-order chi connectivity index (χ1) is 7.44. The molecule has 0 aromatic rings. The van der Waals surface area contributed by atoms with Crippen molar-refractivity contribution in [2.24, 2.45) is 0 Å². The molecule has 94 valence electrons. The first-order valence-corrected chi connectivity index (χ1v) is 7.70. The summed E-state index contributed by atoms with van der Waals surface area (Å²) in [5.41, 5.74) is 0. The maximum absolute atomic E-state index is 11.4. The molecule has 1 heterocycles. The summed E-state index contributed by atoms with van der Waals surface area (Å²) in [5, 5.41) is 0. The van der Waals surface area contributed by atoms with E-state index < -0.39 is 9.84 Å². The molecule has 0 radical (unpaired) electrons. The van der Waals surface area contributed by atoms with Gasteiger partial charge in [0.05, 0.1) is 5.75 Å². The van der Waals surface area contributed by atoms with Crippen LogP contribution in [0.3, 0.4) is 0 Å². The first-order valence-electron chi connectivity index (χ1n) is 5.88. The lowest BCUT2D eigenvalue weighted by Gasteiger charge is -2.23. The topological polar surface area (TPSA) is 54.5 Å². The second kappa shape index (κ2) is 5.77. The fourth-order valence-electron chi connectivity index (χ4n) is 2.15. The molecule has 0 aromatic carbocycles. The Bertz CT molecular complexity index is 337. The van der Waals surface area contributed by atoms with Crippen molar-refractivity contribution in [1.29, 1.82) is 0 Å². The standard InChI is InChI=1S/C11H21NO3S/c1-3-16(14,15)8-7-12-6-4-5-11(12)9-10(2)13/h11H,3-9H2,1-2H3. The molecule has 4 nitrogen and oxygen atoms in total. The van der Waals surface area contributed by atoms with Gasteiger partial charge in [0.15, 0.2) is 9.84 Å². The summed E-state index contributed by atoms with van der Waals surface area (Å²) in [5.74, 6) is 0.617. The summed E-state index contributed by atoms with van der Waals surface area (Å²) in [4.78, 5) is 13.2. The second-order valence-corrected chi connectivity index (χ2v) is 6.95. The van der Waals surface area contributed by atoms with E-state index in [1.165, 1.54) is 0 Å². The van der Waals surface area contributed by atoms with E-state index in [1.807, 2.05) is 0 Å². The van der Waals surface area contributed by atoms with Crippen LogP contribution in [0.5, 0.6) is 0 Å². The van der Waals surface area contributed by atoms with Crippen LogP contribution in [0.4, 0.5) is 0 Å². The Morgan fingerprint density at radius 2 is 2.12 bits per heavy atom. The van der Waals surface area contributed by atoms with Crippen LogP contribution >= 0.6 is 0 Å². The zero-order valence-corrected chi connectivity index (χ0v) is 10.9. The number of carbonyl (C=O) groups is 1. The van der Waals surface area contributed by atoms with Crippen molar-refractivity contribution in [1.82, 2.24) is 4.90 Å². The van der Waals surface area contributed by atoms with Gasteiger partial charge in [0, 0.05) is 24.8 Å². The SMILES string of the molecule is CCS(=O)(=O)CCN1CCCC1CC(C)=O. The van der Waals surface area contributed by atoms with E-state index in [0.717, 1.165) is 19.4 Å². The zero-order chi connectivity index (χ0) is 12.2. The lowest BCUT2D eigenvalue weighted by molar-refractivity contribution is -0.118. The van der Waals surface area contributed by atoms with Crippen LogP contribution < -0.4 is 0 Å². The number of Topliss-reactive ketones (excluding diaryl/α,β-unsaturated/α-hetero) is 1. The molecule has 5 heteroatoms. The van der Waals surface area contributed by atoms with Crippen molar-refractivity contribution in [2.45, 2.75) is 39.2 Å². The van der Waals surface area contributed by atoms with Crippen molar-refractivity contribution in [2.75, 3.05) is 24.6 Å². The normalized spacial score (nSPS) is 22.5. The van der Waals surface area contributed by atoms with Gasteiger partial charge in [0.25, 0.3) is 0 Å². The van der Waals surface area contributed by atoms with E-state index in [9.17, 15) is 13.2 Å². The highest BCUT2D eigenvalue weighted by Gasteiger charge is 2.26. The highest BCUT2D eigenvalue weighted by molar-refractivity contribution is 7.91. The van der Waals surface area contributed by atoms with Gasteiger partial charge in [-0.25, -0.2) is 8.42 Å². The summed E-state index contributed by atoms with van der Waals surface area (Å²) < 4.78 is 22.8. The Morgan fingerprint density at radius 3 is 2.69 bits per heavy atom. The molecular formula is C11H21NO3S. The molecule has 1 unspecified atom stereocenters. The van der Waals surface area contributed by atoms with Crippen molar-refractivity contribution < 1.29 is 13.2 Å². The minimum absolute atomic E-state index is 0.190. The van der Waals surface area contributed by atoms with Crippen LogP contribution in [0.2, 0.25) is 0 Å². The van der Waals surface area contributed by atoms with Crippen LogP contribution in [0.1, 0.15) is 33.1 Å². The van der Waals surface area contributed by atoms with Gasteiger partial charge in [0.2, 0.25) is 0 Å². The molecule has 0 bridgehead atoms. The molecule has 0 N–H and O–H groups in total. The number of rotatable bonds is 6. The van der Waals surface area contributed by atoms with Crippen molar-refractivity contribution in [3.8, 4) is 0 Å². The van der Waals surface area contributed by atoms with E-state index in [2.05, 4.69) is 4.90 Å². The Morgan fingerprint density at radius 1 is 1.44 bits per heavy atom.